The zero-order valence-corrected chi connectivity index (χ0v) is 15.9. The Hall–Kier alpha value is -2.44. The van der Waals surface area contributed by atoms with Gasteiger partial charge in [-0.05, 0) is 59.3 Å². The maximum Gasteiger partial charge on any atom is 0.250 e. The summed E-state index contributed by atoms with van der Waals surface area (Å²) in [6, 6.07) is 19.1. The van der Waals surface area contributed by atoms with Crippen LogP contribution in [0.4, 0.5) is 0 Å². The van der Waals surface area contributed by atoms with E-state index in [1.54, 1.807) is 57.0 Å². The molecule has 0 N–H and O–H groups in total. The first kappa shape index (κ1) is 17.0. The van der Waals surface area contributed by atoms with Crippen LogP contribution in [-0.4, -0.2) is 9.13 Å². The van der Waals surface area contributed by atoms with Crippen molar-refractivity contribution in [3.8, 4) is 0 Å². The number of aromatic nitrogens is 2. The molecule has 0 aliphatic rings. The summed E-state index contributed by atoms with van der Waals surface area (Å²) in [7, 11) is 6.92. The molecule has 4 aromatic rings. The predicted octanol–water partition coefficient (Wildman–Crippen LogP) is 4.19. The lowest BCUT2D eigenvalue weighted by Gasteiger charge is -2.08. The summed E-state index contributed by atoms with van der Waals surface area (Å²) < 4.78 is 3.31. The maximum absolute atomic E-state index is 11.7. The molecule has 4 nitrogen and oxygen atoms in total. The van der Waals surface area contributed by atoms with E-state index in [9.17, 15) is 9.59 Å². The van der Waals surface area contributed by atoms with Crippen molar-refractivity contribution in [2.24, 2.45) is 14.1 Å². The zero-order chi connectivity index (χ0) is 18.3. The molecule has 0 saturated heterocycles. The van der Waals surface area contributed by atoms with Crippen LogP contribution in [0.1, 0.15) is 0 Å². The Kier molecular flexibility index (Phi) is 4.38. The first-order valence-corrected chi connectivity index (χ1v) is 10.2. The molecular weight excluding hydrogens is 364 g/mol. The molecule has 0 spiro atoms. The van der Waals surface area contributed by atoms with E-state index in [-0.39, 0.29) is 11.1 Å². The van der Waals surface area contributed by atoms with Gasteiger partial charge < -0.3 is 9.13 Å². The Morgan fingerprint density at radius 3 is 1.46 bits per heavy atom. The molecule has 130 valence electrons. The molecule has 0 atom stereocenters. The topological polar surface area (TPSA) is 44.0 Å². The Labute approximate surface area is 157 Å². The number of benzene rings is 2. The molecule has 0 aliphatic carbocycles. The van der Waals surface area contributed by atoms with E-state index in [0.717, 1.165) is 31.6 Å². The average molecular weight is 380 g/mol. The number of pyridine rings is 2. The molecule has 0 fully saturated rings. The molecule has 0 aliphatic heterocycles. The third-order valence-electron chi connectivity index (χ3n) is 4.43. The molecule has 0 amide bonds. The van der Waals surface area contributed by atoms with Crippen molar-refractivity contribution in [1.29, 1.82) is 0 Å². The number of hydrogen-bond acceptors (Lipinski definition) is 4. The molecule has 0 unspecified atom stereocenters. The Bertz CT molecular complexity index is 1160. The molecule has 2 heterocycles. The normalized spacial score (nSPS) is 11.3. The van der Waals surface area contributed by atoms with E-state index in [0.29, 0.717) is 0 Å². The van der Waals surface area contributed by atoms with E-state index in [2.05, 4.69) is 12.1 Å². The number of rotatable bonds is 3. The molecule has 2 aromatic carbocycles. The van der Waals surface area contributed by atoms with Gasteiger partial charge in [0.2, 0.25) is 0 Å². The van der Waals surface area contributed by atoms with E-state index in [4.69, 9.17) is 0 Å². The summed E-state index contributed by atoms with van der Waals surface area (Å²) in [5.74, 6) is 0. The Balaban J connectivity index is 1.61. The fraction of sp³-hybridized carbons (Fsp3) is 0.100. The van der Waals surface area contributed by atoms with Gasteiger partial charge >= 0.3 is 0 Å². The van der Waals surface area contributed by atoms with Gasteiger partial charge in [-0.3, -0.25) is 9.59 Å². The fourth-order valence-electron chi connectivity index (χ4n) is 2.93. The lowest BCUT2D eigenvalue weighted by Crippen LogP contribution is -2.14. The second-order valence-corrected chi connectivity index (χ2v) is 8.35. The summed E-state index contributed by atoms with van der Waals surface area (Å²) in [5.41, 5.74) is 1.85. The highest BCUT2D eigenvalue weighted by Crippen LogP contribution is 2.39. The van der Waals surface area contributed by atoms with Crippen molar-refractivity contribution in [1.82, 2.24) is 9.13 Å². The quantitative estimate of drug-likeness (QED) is 0.500. The van der Waals surface area contributed by atoms with Crippen molar-refractivity contribution in [3.05, 3.63) is 81.4 Å². The molecule has 4 rings (SSSR count). The van der Waals surface area contributed by atoms with Gasteiger partial charge in [0.15, 0.2) is 0 Å². The van der Waals surface area contributed by atoms with Crippen molar-refractivity contribution in [2.75, 3.05) is 0 Å². The van der Waals surface area contributed by atoms with Gasteiger partial charge in [-0.1, -0.05) is 21.6 Å². The van der Waals surface area contributed by atoms with Crippen LogP contribution in [0, 0.1) is 0 Å². The van der Waals surface area contributed by atoms with Gasteiger partial charge in [0.1, 0.15) is 0 Å². The first-order valence-electron chi connectivity index (χ1n) is 8.07. The smallest absolute Gasteiger partial charge is 0.250 e. The fourth-order valence-corrected chi connectivity index (χ4v) is 4.92. The summed E-state index contributed by atoms with van der Waals surface area (Å²) in [5, 5.41) is 2.09. The van der Waals surface area contributed by atoms with E-state index < -0.39 is 0 Å². The number of nitrogens with zero attached hydrogens (tertiary/aromatic N) is 2. The predicted molar refractivity (Wildman–Crippen MR) is 110 cm³/mol. The average Bonchev–Trinajstić information content (AvgIpc) is 2.66. The molecular formula is C20H16N2O2S2. The van der Waals surface area contributed by atoms with Gasteiger partial charge in [-0.15, -0.1) is 0 Å². The first-order chi connectivity index (χ1) is 12.5. The molecule has 26 heavy (non-hydrogen) atoms. The molecule has 0 bridgehead atoms. The minimum Gasteiger partial charge on any atom is -0.311 e. The van der Waals surface area contributed by atoms with Crippen LogP contribution >= 0.6 is 21.6 Å². The van der Waals surface area contributed by atoms with Crippen molar-refractivity contribution in [2.45, 2.75) is 9.79 Å². The maximum atomic E-state index is 11.7. The van der Waals surface area contributed by atoms with Crippen LogP contribution in [0.25, 0.3) is 21.8 Å². The van der Waals surface area contributed by atoms with Crippen LogP contribution in [0.3, 0.4) is 0 Å². The second kappa shape index (κ2) is 6.70. The molecule has 0 radical (unpaired) electrons. The van der Waals surface area contributed by atoms with Crippen molar-refractivity contribution in [3.63, 3.8) is 0 Å². The number of aryl methyl sites for hydroxylation is 2. The number of hydrogen-bond donors (Lipinski definition) is 0. The summed E-state index contributed by atoms with van der Waals surface area (Å²) in [6.45, 7) is 0. The molecule has 6 heteroatoms. The van der Waals surface area contributed by atoms with E-state index in [1.807, 2.05) is 36.4 Å². The molecule has 0 saturated carbocycles. The summed E-state index contributed by atoms with van der Waals surface area (Å²) in [4.78, 5) is 25.7. The van der Waals surface area contributed by atoms with E-state index in [1.165, 1.54) is 0 Å². The summed E-state index contributed by atoms with van der Waals surface area (Å²) >= 11 is 0. The van der Waals surface area contributed by atoms with Crippen LogP contribution in [0.5, 0.6) is 0 Å². The standard InChI is InChI=1S/C20H16N2O2S2/c1-21-17-7-5-15(11-13(17)3-9-19(21)23)25-26-16-6-8-18-14(12-16)4-10-20(24)22(18)2/h3-12H,1-2H3. The van der Waals surface area contributed by atoms with Gasteiger partial charge in [0, 0.05) is 36.0 Å². The minimum absolute atomic E-state index is 0.00200. The highest BCUT2D eigenvalue weighted by molar-refractivity contribution is 8.76. The highest BCUT2D eigenvalue weighted by atomic mass is 33.1. The monoisotopic (exact) mass is 380 g/mol. The lowest BCUT2D eigenvalue weighted by molar-refractivity contribution is 0.905. The molecule has 2 aromatic heterocycles. The van der Waals surface area contributed by atoms with Gasteiger partial charge in [-0.2, -0.15) is 0 Å². The van der Waals surface area contributed by atoms with Crippen LogP contribution in [0.15, 0.2) is 80.0 Å². The highest BCUT2D eigenvalue weighted by Gasteiger charge is 2.05. The SMILES string of the molecule is Cn1c(=O)ccc2cc(SSc3ccc4c(ccc(=O)n4C)c3)ccc21. The number of fused-ring (bicyclic) bond motifs is 2. The lowest BCUT2D eigenvalue weighted by atomic mass is 10.2. The zero-order valence-electron chi connectivity index (χ0n) is 14.3. The van der Waals surface area contributed by atoms with Crippen molar-refractivity contribution >= 4 is 43.4 Å². The third kappa shape index (κ3) is 3.06. The van der Waals surface area contributed by atoms with Gasteiger partial charge in [0.05, 0.1) is 11.0 Å². The van der Waals surface area contributed by atoms with Gasteiger partial charge in [0.25, 0.3) is 11.1 Å². The Morgan fingerprint density at radius 2 is 1.04 bits per heavy atom. The van der Waals surface area contributed by atoms with Crippen LogP contribution in [0.2, 0.25) is 0 Å². The van der Waals surface area contributed by atoms with Crippen LogP contribution < -0.4 is 11.1 Å². The van der Waals surface area contributed by atoms with Gasteiger partial charge in [-0.25, -0.2) is 0 Å². The van der Waals surface area contributed by atoms with Crippen LogP contribution in [-0.2, 0) is 14.1 Å². The third-order valence-corrected chi connectivity index (χ3v) is 6.81. The summed E-state index contributed by atoms with van der Waals surface area (Å²) in [6.07, 6.45) is 0. The Morgan fingerprint density at radius 1 is 0.615 bits per heavy atom. The second-order valence-electron chi connectivity index (χ2n) is 6.07. The van der Waals surface area contributed by atoms with Crippen molar-refractivity contribution < 1.29 is 0 Å². The largest absolute Gasteiger partial charge is 0.311 e. The minimum atomic E-state index is -0.00200. The van der Waals surface area contributed by atoms with E-state index >= 15 is 0 Å².